The van der Waals surface area contributed by atoms with Crippen LogP contribution in [0.5, 0.6) is 5.75 Å². The van der Waals surface area contributed by atoms with E-state index in [1.54, 1.807) is 6.92 Å². The van der Waals surface area contributed by atoms with Gasteiger partial charge in [0.05, 0.1) is 5.41 Å². The Hall–Kier alpha value is -1.58. The van der Waals surface area contributed by atoms with Crippen LogP contribution in [0.25, 0.3) is 0 Å². The predicted molar refractivity (Wildman–Crippen MR) is 51.3 cm³/mol. The van der Waals surface area contributed by atoms with Gasteiger partial charge in [0.15, 0.2) is 0 Å². The smallest absolute Gasteiger partial charge is 0.314 e. The quantitative estimate of drug-likeness (QED) is 0.784. The first-order valence-electron chi connectivity index (χ1n) is 4.70. The van der Waals surface area contributed by atoms with Gasteiger partial charge < -0.3 is 10.2 Å². The maximum Gasteiger partial charge on any atom is 0.314 e. The topological polar surface area (TPSA) is 57.5 Å². The van der Waals surface area contributed by atoms with E-state index in [-0.39, 0.29) is 11.3 Å². The SMILES string of the molecule is Cc1cc(F)c(C2(C(=O)O)CC2)cc1O. The number of aromatic hydroxyl groups is 1. The Morgan fingerprint density at radius 2 is 2.07 bits per heavy atom. The average Bonchev–Trinajstić information content (AvgIpc) is 2.92. The molecule has 0 amide bonds. The second kappa shape index (κ2) is 2.95. The number of hydrogen-bond acceptors (Lipinski definition) is 2. The van der Waals surface area contributed by atoms with Crippen molar-refractivity contribution in [3.8, 4) is 5.75 Å². The molecule has 1 aliphatic rings. The number of carboxylic acids is 1. The molecule has 1 aromatic carbocycles. The number of aliphatic carboxylic acids is 1. The Bertz CT molecular complexity index is 436. The van der Waals surface area contributed by atoms with E-state index in [4.69, 9.17) is 5.11 Å². The molecular weight excluding hydrogens is 199 g/mol. The first-order chi connectivity index (χ1) is 6.97. The van der Waals surface area contributed by atoms with Gasteiger partial charge in [0.25, 0.3) is 0 Å². The number of hydrogen-bond donors (Lipinski definition) is 2. The highest BCUT2D eigenvalue weighted by molar-refractivity contribution is 5.85. The normalized spacial score (nSPS) is 17.5. The fraction of sp³-hybridized carbons (Fsp3) is 0.364. The van der Waals surface area contributed by atoms with Gasteiger partial charge >= 0.3 is 5.97 Å². The monoisotopic (exact) mass is 210 g/mol. The van der Waals surface area contributed by atoms with Crippen molar-refractivity contribution in [1.82, 2.24) is 0 Å². The summed E-state index contributed by atoms with van der Waals surface area (Å²) in [4.78, 5) is 11.0. The Labute approximate surface area is 86.2 Å². The number of halogens is 1. The zero-order valence-electron chi connectivity index (χ0n) is 8.25. The van der Waals surface area contributed by atoms with Gasteiger partial charge in [-0.05, 0) is 37.5 Å². The van der Waals surface area contributed by atoms with Crippen LogP contribution in [-0.4, -0.2) is 16.2 Å². The minimum absolute atomic E-state index is 0.0566. The zero-order valence-corrected chi connectivity index (χ0v) is 8.25. The van der Waals surface area contributed by atoms with Gasteiger partial charge in [-0.15, -0.1) is 0 Å². The molecule has 0 radical (unpaired) electrons. The van der Waals surface area contributed by atoms with Crippen LogP contribution in [0.15, 0.2) is 12.1 Å². The molecule has 0 atom stereocenters. The molecule has 2 N–H and O–H groups in total. The molecule has 0 heterocycles. The van der Waals surface area contributed by atoms with Crippen LogP contribution >= 0.6 is 0 Å². The third kappa shape index (κ3) is 1.37. The van der Waals surface area contributed by atoms with Crippen molar-refractivity contribution in [2.24, 2.45) is 0 Å². The molecule has 15 heavy (non-hydrogen) atoms. The second-order valence-corrected chi connectivity index (χ2v) is 4.01. The molecular formula is C11H11FO3. The third-order valence-electron chi connectivity index (χ3n) is 2.96. The lowest BCUT2D eigenvalue weighted by Gasteiger charge is -2.12. The number of carbonyl (C=O) groups is 1. The van der Waals surface area contributed by atoms with Crippen molar-refractivity contribution in [3.05, 3.63) is 29.1 Å². The van der Waals surface area contributed by atoms with Gasteiger partial charge in [0.1, 0.15) is 11.6 Å². The van der Waals surface area contributed by atoms with E-state index >= 15 is 0 Å². The van der Waals surface area contributed by atoms with Crippen LogP contribution in [0.3, 0.4) is 0 Å². The van der Waals surface area contributed by atoms with Crippen LogP contribution in [0, 0.1) is 12.7 Å². The first kappa shape index (κ1) is 9.96. The number of carboxylic acid groups (broad SMARTS) is 1. The molecule has 0 unspecified atom stereocenters. The fourth-order valence-corrected chi connectivity index (χ4v) is 1.75. The molecule has 1 aliphatic carbocycles. The molecule has 0 aromatic heterocycles. The third-order valence-corrected chi connectivity index (χ3v) is 2.96. The maximum absolute atomic E-state index is 13.6. The van der Waals surface area contributed by atoms with Gasteiger partial charge in [-0.25, -0.2) is 4.39 Å². The van der Waals surface area contributed by atoms with Gasteiger partial charge in [-0.1, -0.05) is 0 Å². The van der Waals surface area contributed by atoms with Crippen molar-refractivity contribution in [2.75, 3.05) is 0 Å². The summed E-state index contributed by atoms with van der Waals surface area (Å²) >= 11 is 0. The Balaban J connectivity index is 2.54. The minimum atomic E-state index is -1.10. The van der Waals surface area contributed by atoms with Crippen LogP contribution < -0.4 is 0 Å². The number of aryl methyl sites for hydroxylation is 1. The van der Waals surface area contributed by atoms with Crippen molar-refractivity contribution in [2.45, 2.75) is 25.2 Å². The Kier molecular flexibility index (Phi) is 1.96. The van der Waals surface area contributed by atoms with Gasteiger partial charge in [0, 0.05) is 5.56 Å². The summed E-state index contributed by atoms with van der Waals surface area (Å²) in [6.07, 6.45) is 0.865. The number of rotatable bonds is 2. The van der Waals surface area contributed by atoms with E-state index in [0.717, 1.165) is 0 Å². The van der Waals surface area contributed by atoms with Crippen LogP contribution in [0.2, 0.25) is 0 Å². The van der Waals surface area contributed by atoms with Crippen molar-refractivity contribution >= 4 is 5.97 Å². The lowest BCUT2D eigenvalue weighted by atomic mass is 9.94. The summed E-state index contributed by atoms with van der Waals surface area (Å²) < 4.78 is 13.6. The lowest BCUT2D eigenvalue weighted by molar-refractivity contribution is -0.140. The Morgan fingerprint density at radius 3 is 2.53 bits per heavy atom. The summed E-state index contributed by atoms with van der Waals surface area (Å²) in [7, 11) is 0. The highest BCUT2D eigenvalue weighted by Gasteiger charge is 2.53. The van der Waals surface area contributed by atoms with Crippen LogP contribution in [0.1, 0.15) is 24.0 Å². The fourth-order valence-electron chi connectivity index (χ4n) is 1.75. The second-order valence-electron chi connectivity index (χ2n) is 4.01. The summed E-state index contributed by atoms with van der Waals surface area (Å²) in [6.45, 7) is 1.57. The molecule has 0 bridgehead atoms. The average molecular weight is 210 g/mol. The van der Waals surface area contributed by atoms with E-state index in [1.807, 2.05) is 0 Å². The molecule has 1 aromatic rings. The molecule has 0 spiro atoms. The predicted octanol–water partition coefficient (Wildman–Crippen LogP) is 1.96. The highest BCUT2D eigenvalue weighted by atomic mass is 19.1. The molecule has 1 fully saturated rings. The molecule has 80 valence electrons. The molecule has 1 saturated carbocycles. The summed E-state index contributed by atoms with van der Waals surface area (Å²) in [5.74, 6) is -1.63. The van der Waals surface area contributed by atoms with Gasteiger partial charge in [-0.3, -0.25) is 4.79 Å². The summed E-state index contributed by atoms with van der Waals surface area (Å²) in [5, 5.41) is 18.4. The first-order valence-corrected chi connectivity index (χ1v) is 4.70. The molecule has 0 aliphatic heterocycles. The molecule has 3 nitrogen and oxygen atoms in total. The summed E-state index contributed by atoms with van der Waals surface area (Å²) in [6, 6.07) is 2.40. The van der Waals surface area contributed by atoms with E-state index in [1.165, 1.54) is 12.1 Å². The van der Waals surface area contributed by atoms with E-state index in [2.05, 4.69) is 0 Å². The molecule has 4 heteroatoms. The standard InChI is InChI=1S/C11H11FO3/c1-6-4-8(12)7(5-9(6)13)11(2-3-11)10(14)15/h4-5,13H,2-3H2,1H3,(H,14,15). The maximum atomic E-state index is 13.6. The van der Waals surface area contributed by atoms with Crippen molar-refractivity contribution in [1.29, 1.82) is 0 Å². The molecule has 0 saturated heterocycles. The largest absolute Gasteiger partial charge is 0.508 e. The minimum Gasteiger partial charge on any atom is -0.508 e. The highest BCUT2D eigenvalue weighted by Crippen LogP contribution is 2.50. The van der Waals surface area contributed by atoms with E-state index in [9.17, 15) is 14.3 Å². The van der Waals surface area contributed by atoms with E-state index in [0.29, 0.717) is 18.4 Å². The Morgan fingerprint density at radius 1 is 1.47 bits per heavy atom. The van der Waals surface area contributed by atoms with E-state index < -0.39 is 17.2 Å². The lowest BCUT2D eigenvalue weighted by Crippen LogP contribution is -2.21. The van der Waals surface area contributed by atoms with Crippen molar-refractivity contribution in [3.63, 3.8) is 0 Å². The van der Waals surface area contributed by atoms with Crippen LogP contribution in [-0.2, 0) is 10.2 Å². The number of phenolic OH excluding ortho intramolecular Hbond substituents is 1. The molecule has 2 rings (SSSR count). The summed E-state index contributed by atoms with van der Waals surface area (Å²) in [5.41, 5.74) is -0.592. The zero-order chi connectivity index (χ0) is 11.2. The van der Waals surface area contributed by atoms with Crippen LogP contribution in [0.4, 0.5) is 4.39 Å². The number of phenols is 1. The van der Waals surface area contributed by atoms with Gasteiger partial charge in [-0.2, -0.15) is 0 Å². The van der Waals surface area contributed by atoms with Gasteiger partial charge in [0.2, 0.25) is 0 Å². The number of benzene rings is 1. The van der Waals surface area contributed by atoms with Crippen molar-refractivity contribution < 1.29 is 19.4 Å².